The summed E-state index contributed by atoms with van der Waals surface area (Å²) in [6.07, 6.45) is 0. The Morgan fingerprint density at radius 3 is 0.530 bits per heavy atom. The summed E-state index contributed by atoms with van der Waals surface area (Å²) in [6, 6.07) is 95.1. The lowest BCUT2D eigenvalue weighted by Crippen LogP contribution is -2.10. The van der Waals surface area contributed by atoms with Crippen molar-refractivity contribution in [1.82, 2.24) is 0 Å². The Bertz CT molecular complexity index is 2870. The molecule has 66 heavy (non-hydrogen) atoms. The second kappa shape index (κ2) is 19.0. The van der Waals surface area contributed by atoms with Crippen molar-refractivity contribution < 1.29 is 0 Å². The molecule has 10 aromatic rings. The van der Waals surface area contributed by atoms with E-state index >= 15 is 0 Å². The Balaban J connectivity index is 0.869. The molecule has 318 valence electrons. The third-order valence-electron chi connectivity index (χ3n) is 12.3. The van der Waals surface area contributed by atoms with Crippen LogP contribution >= 0.6 is 0 Å². The fourth-order valence-electron chi connectivity index (χ4n) is 8.62. The van der Waals surface area contributed by atoms with Gasteiger partial charge in [0.2, 0.25) is 0 Å². The third-order valence-corrected chi connectivity index (χ3v) is 12.3. The van der Waals surface area contributed by atoms with Crippen molar-refractivity contribution in [3.8, 4) is 33.4 Å². The molecule has 0 aromatic heterocycles. The fraction of sp³-hybridized carbons (Fsp3) is 0.0323. The van der Waals surface area contributed by atoms with Gasteiger partial charge in [0, 0.05) is 71.0 Å². The molecule has 0 amide bonds. The normalized spacial score (nSPS) is 10.9. The molecular formula is C62H50N4. The van der Waals surface area contributed by atoms with Gasteiger partial charge in [-0.15, -0.1) is 0 Å². The Labute approximate surface area is 389 Å². The second-order valence-electron chi connectivity index (χ2n) is 16.4. The van der Waals surface area contributed by atoms with Gasteiger partial charge >= 0.3 is 0 Å². The Morgan fingerprint density at radius 2 is 0.318 bits per heavy atom. The lowest BCUT2D eigenvalue weighted by molar-refractivity contribution is 1.21. The molecule has 4 heteroatoms. The standard InChI is InChI=1S/C62H50N4/c1-63(53-15-7-3-8-16-53)55-35-23-47(24-36-55)49-27-39-59(40-28-49)65(57-19-11-5-12-20-57)61-43-31-51(32-44-61)52-33-45-62(46-34-52)66(58-21-13-6-14-22-58)60-41-29-50(30-42-60)48-25-37-56(38-26-48)64(2)54-17-9-4-10-18-54/h3-46H,1-2H3. The van der Waals surface area contributed by atoms with Crippen molar-refractivity contribution in [3.05, 3.63) is 267 Å². The second-order valence-corrected chi connectivity index (χ2v) is 16.4. The molecule has 0 fully saturated rings. The van der Waals surface area contributed by atoms with E-state index in [9.17, 15) is 0 Å². The molecule has 10 aromatic carbocycles. The Morgan fingerprint density at radius 1 is 0.167 bits per heavy atom. The maximum Gasteiger partial charge on any atom is 0.0462 e. The van der Waals surface area contributed by atoms with Crippen LogP contribution < -0.4 is 19.6 Å². The highest BCUT2D eigenvalue weighted by Gasteiger charge is 2.16. The van der Waals surface area contributed by atoms with Crippen LogP contribution in [0.25, 0.3) is 33.4 Å². The number of para-hydroxylation sites is 4. The van der Waals surface area contributed by atoms with E-state index in [-0.39, 0.29) is 0 Å². The van der Waals surface area contributed by atoms with Gasteiger partial charge in [-0.1, -0.05) is 146 Å². The van der Waals surface area contributed by atoms with Crippen LogP contribution in [-0.4, -0.2) is 14.1 Å². The minimum atomic E-state index is 1.09. The first-order valence-corrected chi connectivity index (χ1v) is 22.5. The lowest BCUT2D eigenvalue weighted by atomic mass is 10.0. The SMILES string of the molecule is CN(c1ccccc1)c1ccc(-c2ccc(N(c3ccccc3)c3ccc(-c4ccc(N(c5ccccc5)c5ccc(-c6ccc(N(C)c7ccccc7)cc6)cc5)cc4)cc3)cc2)cc1. The first kappa shape index (κ1) is 41.4. The number of hydrogen-bond acceptors (Lipinski definition) is 4. The number of benzene rings is 10. The summed E-state index contributed by atoms with van der Waals surface area (Å²) in [5, 5.41) is 0. The minimum absolute atomic E-state index is 1.09. The van der Waals surface area contributed by atoms with Gasteiger partial charge < -0.3 is 19.6 Å². The van der Waals surface area contributed by atoms with E-state index in [1.165, 1.54) is 22.3 Å². The molecule has 0 saturated heterocycles. The topological polar surface area (TPSA) is 13.0 Å². The number of nitrogens with zero attached hydrogens (tertiary/aromatic N) is 4. The summed E-state index contributed by atoms with van der Waals surface area (Å²) in [4.78, 5) is 9.05. The van der Waals surface area contributed by atoms with Gasteiger partial charge in [0.05, 0.1) is 0 Å². The van der Waals surface area contributed by atoms with Crippen molar-refractivity contribution >= 4 is 56.9 Å². The predicted octanol–water partition coefficient (Wildman–Crippen LogP) is 17.2. The molecule has 0 atom stereocenters. The summed E-state index contributed by atoms with van der Waals surface area (Å²) in [7, 11) is 4.21. The van der Waals surface area contributed by atoms with Crippen LogP contribution in [0.5, 0.6) is 0 Å². The van der Waals surface area contributed by atoms with Crippen LogP contribution in [0.1, 0.15) is 0 Å². The van der Waals surface area contributed by atoms with E-state index in [4.69, 9.17) is 0 Å². The van der Waals surface area contributed by atoms with Gasteiger partial charge in [-0.05, 0) is 155 Å². The number of anilines is 10. The molecule has 0 heterocycles. The maximum absolute atomic E-state index is 2.32. The number of hydrogen-bond donors (Lipinski definition) is 0. The van der Waals surface area contributed by atoms with Crippen LogP contribution in [0.3, 0.4) is 0 Å². The molecular weight excluding hydrogens is 801 g/mol. The molecule has 0 saturated carbocycles. The van der Waals surface area contributed by atoms with Gasteiger partial charge in [0.25, 0.3) is 0 Å². The average molecular weight is 851 g/mol. The number of rotatable bonds is 13. The predicted molar refractivity (Wildman–Crippen MR) is 281 cm³/mol. The van der Waals surface area contributed by atoms with E-state index in [1.807, 2.05) is 12.1 Å². The summed E-state index contributed by atoms with van der Waals surface area (Å²) < 4.78 is 0. The zero-order valence-corrected chi connectivity index (χ0v) is 37.2. The zero-order valence-electron chi connectivity index (χ0n) is 37.2. The van der Waals surface area contributed by atoms with Crippen LogP contribution in [-0.2, 0) is 0 Å². The third kappa shape index (κ3) is 8.94. The molecule has 0 aliphatic rings. The van der Waals surface area contributed by atoms with Crippen molar-refractivity contribution in [2.45, 2.75) is 0 Å². The van der Waals surface area contributed by atoms with Gasteiger partial charge in [0.15, 0.2) is 0 Å². The van der Waals surface area contributed by atoms with Crippen LogP contribution in [0.2, 0.25) is 0 Å². The van der Waals surface area contributed by atoms with Crippen molar-refractivity contribution in [3.63, 3.8) is 0 Å². The zero-order chi connectivity index (χ0) is 44.7. The van der Waals surface area contributed by atoms with Gasteiger partial charge in [-0.25, -0.2) is 0 Å². The molecule has 4 nitrogen and oxygen atoms in total. The van der Waals surface area contributed by atoms with E-state index in [2.05, 4.69) is 288 Å². The Hall–Kier alpha value is -8.60. The van der Waals surface area contributed by atoms with Crippen LogP contribution in [0.4, 0.5) is 56.9 Å². The van der Waals surface area contributed by atoms with E-state index < -0.39 is 0 Å². The average Bonchev–Trinajstić information content (AvgIpc) is 3.40. The lowest BCUT2D eigenvalue weighted by Gasteiger charge is -2.26. The van der Waals surface area contributed by atoms with E-state index in [1.54, 1.807) is 0 Å². The minimum Gasteiger partial charge on any atom is -0.345 e. The first-order chi connectivity index (χ1) is 32.6. The smallest absolute Gasteiger partial charge is 0.0462 e. The highest BCUT2D eigenvalue weighted by Crippen LogP contribution is 2.40. The maximum atomic E-state index is 2.32. The monoisotopic (exact) mass is 850 g/mol. The van der Waals surface area contributed by atoms with Gasteiger partial charge in [0.1, 0.15) is 0 Å². The molecule has 0 aliphatic carbocycles. The molecule has 0 spiro atoms. The van der Waals surface area contributed by atoms with Gasteiger partial charge in [-0.3, -0.25) is 0 Å². The summed E-state index contributed by atoms with van der Waals surface area (Å²) in [5.41, 5.74) is 18.3. The van der Waals surface area contributed by atoms with E-state index in [0.717, 1.165) is 68.0 Å². The van der Waals surface area contributed by atoms with Crippen LogP contribution in [0, 0.1) is 0 Å². The molecule has 0 radical (unpaired) electrons. The summed E-state index contributed by atoms with van der Waals surface area (Å²) in [6.45, 7) is 0. The molecule has 0 N–H and O–H groups in total. The molecule has 0 aliphatic heterocycles. The molecule has 0 unspecified atom stereocenters. The first-order valence-electron chi connectivity index (χ1n) is 22.5. The van der Waals surface area contributed by atoms with Crippen molar-refractivity contribution in [2.24, 2.45) is 0 Å². The highest BCUT2D eigenvalue weighted by molar-refractivity contribution is 5.83. The molecule has 0 bridgehead atoms. The van der Waals surface area contributed by atoms with Crippen molar-refractivity contribution in [1.29, 1.82) is 0 Å². The summed E-state index contributed by atoms with van der Waals surface area (Å²) >= 11 is 0. The van der Waals surface area contributed by atoms with E-state index in [0.29, 0.717) is 0 Å². The fourth-order valence-corrected chi connectivity index (χ4v) is 8.62. The van der Waals surface area contributed by atoms with Gasteiger partial charge in [-0.2, -0.15) is 0 Å². The highest BCUT2D eigenvalue weighted by atomic mass is 15.1. The van der Waals surface area contributed by atoms with Crippen molar-refractivity contribution in [2.75, 3.05) is 33.7 Å². The Kier molecular flexibility index (Phi) is 11.9. The largest absolute Gasteiger partial charge is 0.345 e. The van der Waals surface area contributed by atoms with Crippen LogP contribution in [0.15, 0.2) is 267 Å². The summed E-state index contributed by atoms with van der Waals surface area (Å²) in [5.74, 6) is 0. The quantitative estimate of drug-likeness (QED) is 0.115. The molecule has 10 rings (SSSR count).